The number of carbonyl (C=O) groups excluding carboxylic acids is 2. The van der Waals surface area contributed by atoms with Crippen LogP contribution in [0.5, 0.6) is 0 Å². The van der Waals surface area contributed by atoms with Crippen LogP contribution in [0.4, 0.5) is 23.2 Å². The molecule has 2 amide bonds. The molecule has 2 unspecified atom stereocenters. The molecule has 0 radical (unpaired) electrons. The van der Waals surface area contributed by atoms with Crippen LogP contribution in [0, 0.1) is 17.7 Å². The fraction of sp³-hybridized carbons (Fsp3) is 0.263. The van der Waals surface area contributed by atoms with Crippen molar-refractivity contribution in [1.82, 2.24) is 5.32 Å². The summed E-state index contributed by atoms with van der Waals surface area (Å²) < 4.78 is 50.4. The van der Waals surface area contributed by atoms with Gasteiger partial charge in [-0.15, -0.1) is 0 Å². The SMILES string of the molecule is O=C(NCc1ccc(F)cc1)C1CC1C(=O)Nc1ccc(C(F)(F)F)cc1. The first kappa shape index (κ1) is 18.9. The Labute approximate surface area is 152 Å². The lowest BCUT2D eigenvalue weighted by molar-refractivity contribution is -0.137. The van der Waals surface area contributed by atoms with E-state index in [1.165, 1.54) is 24.3 Å². The largest absolute Gasteiger partial charge is 0.416 e. The molecular formula is C19H16F4N2O2. The first-order valence-corrected chi connectivity index (χ1v) is 8.24. The minimum absolute atomic E-state index is 0.225. The topological polar surface area (TPSA) is 58.2 Å². The van der Waals surface area contributed by atoms with Crippen LogP contribution in [0.15, 0.2) is 48.5 Å². The first-order chi connectivity index (χ1) is 12.7. The van der Waals surface area contributed by atoms with Gasteiger partial charge in [0.1, 0.15) is 5.82 Å². The molecule has 0 bridgehead atoms. The molecule has 1 saturated carbocycles. The lowest BCUT2D eigenvalue weighted by Gasteiger charge is -2.09. The van der Waals surface area contributed by atoms with E-state index < -0.39 is 29.5 Å². The summed E-state index contributed by atoms with van der Waals surface area (Å²) in [5.74, 6) is -2.05. The zero-order chi connectivity index (χ0) is 19.6. The van der Waals surface area contributed by atoms with Crippen LogP contribution in [-0.2, 0) is 22.3 Å². The second-order valence-corrected chi connectivity index (χ2v) is 6.36. The number of carbonyl (C=O) groups is 2. The Bertz CT molecular complexity index is 832. The molecule has 0 aromatic heterocycles. The summed E-state index contributed by atoms with van der Waals surface area (Å²) in [5.41, 5.74) is 0.173. The molecule has 2 N–H and O–H groups in total. The van der Waals surface area contributed by atoms with Crippen molar-refractivity contribution in [2.24, 2.45) is 11.8 Å². The summed E-state index contributed by atoms with van der Waals surface area (Å²) in [4.78, 5) is 24.2. The van der Waals surface area contributed by atoms with Gasteiger partial charge >= 0.3 is 6.18 Å². The smallest absolute Gasteiger partial charge is 0.352 e. The molecule has 0 heterocycles. The fourth-order valence-electron chi connectivity index (χ4n) is 2.67. The lowest BCUT2D eigenvalue weighted by atomic mass is 10.2. The number of amides is 2. The third-order valence-corrected chi connectivity index (χ3v) is 4.32. The zero-order valence-corrected chi connectivity index (χ0v) is 14.0. The van der Waals surface area contributed by atoms with Gasteiger partial charge in [0.15, 0.2) is 0 Å². The van der Waals surface area contributed by atoms with E-state index in [2.05, 4.69) is 10.6 Å². The van der Waals surface area contributed by atoms with Crippen molar-refractivity contribution in [2.45, 2.75) is 19.1 Å². The predicted octanol–water partition coefficient (Wildman–Crippen LogP) is 3.74. The summed E-state index contributed by atoms with van der Waals surface area (Å²) in [6.07, 6.45) is -4.06. The van der Waals surface area contributed by atoms with Gasteiger partial charge in [-0.2, -0.15) is 13.2 Å². The molecule has 2 aromatic carbocycles. The monoisotopic (exact) mass is 380 g/mol. The Morgan fingerprint density at radius 2 is 1.52 bits per heavy atom. The molecule has 4 nitrogen and oxygen atoms in total. The predicted molar refractivity (Wildman–Crippen MR) is 89.9 cm³/mol. The van der Waals surface area contributed by atoms with Crippen LogP contribution in [0.2, 0.25) is 0 Å². The highest BCUT2D eigenvalue weighted by molar-refractivity contribution is 5.99. The minimum Gasteiger partial charge on any atom is -0.352 e. The van der Waals surface area contributed by atoms with Gasteiger partial charge in [0.25, 0.3) is 0 Å². The summed E-state index contributed by atoms with van der Waals surface area (Å²) in [7, 11) is 0. The van der Waals surface area contributed by atoms with E-state index >= 15 is 0 Å². The van der Waals surface area contributed by atoms with Crippen molar-refractivity contribution in [3.05, 3.63) is 65.5 Å². The third-order valence-electron chi connectivity index (χ3n) is 4.32. The maximum absolute atomic E-state index is 12.8. The Hall–Kier alpha value is -2.90. The van der Waals surface area contributed by atoms with Crippen LogP contribution in [0.1, 0.15) is 17.5 Å². The summed E-state index contributed by atoms with van der Waals surface area (Å²) in [6, 6.07) is 9.80. The average Bonchev–Trinajstić information content (AvgIpc) is 3.42. The van der Waals surface area contributed by atoms with Crippen molar-refractivity contribution >= 4 is 17.5 Å². The first-order valence-electron chi connectivity index (χ1n) is 8.24. The van der Waals surface area contributed by atoms with E-state index in [9.17, 15) is 27.2 Å². The number of alkyl halides is 3. The maximum Gasteiger partial charge on any atom is 0.416 e. The van der Waals surface area contributed by atoms with Crippen molar-refractivity contribution < 1.29 is 27.2 Å². The molecule has 0 aliphatic heterocycles. The molecule has 1 aliphatic carbocycles. The van der Waals surface area contributed by atoms with Gasteiger partial charge < -0.3 is 10.6 Å². The highest BCUT2D eigenvalue weighted by atomic mass is 19.4. The Morgan fingerprint density at radius 3 is 2.11 bits per heavy atom. The maximum atomic E-state index is 12.8. The standard InChI is InChI=1S/C19H16F4N2O2/c20-13-5-1-11(2-6-13)10-24-17(26)15-9-16(15)18(27)25-14-7-3-12(4-8-14)19(21,22)23/h1-8,15-16H,9-10H2,(H,24,26)(H,25,27). The average molecular weight is 380 g/mol. The van der Waals surface area contributed by atoms with Gasteiger partial charge in [-0.05, 0) is 48.4 Å². The summed E-state index contributed by atoms with van der Waals surface area (Å²) in [6.45, 7) is 0.225. The van der Waals surface area contributed by atoms with Crippen molar-refractivity contribution in [1.29, 1.82) is 0 Å². The fourth-order valence-corrected chi connectivity index (χ4v) is 2.67. The number of hydrogen-bond donors (Lipinski definition) is 2. The molecule has 2 aromatic rings. The molecule has 142 valence electrons. The van der Waals surface area contributed by atoms with Gasteiger partial charge in [-0.25, -0.2) is 4.39 Å². The van der Waals surface area contributed by atoms with Gasteiger partial charge in [0.05, 0.1) is 17.4 Å². The molecule has 1 fully saturated rings. The molecular weight excluding hydrogens is 364 g/mol. The highest BCUT2D eigenvalue weighted by Gasteiger charge is 2.47. The van der Waals surface area contributed by atoms with Crippen molar-refractivity contribution in [3.8, 4) is 0 Å². The minimum atomic E-state index is -4.44. The second-order valence-electron chi connectivity index (χ2n) is 6.36. The molecule has 3 rings (SSSR count). The third kappa shape index (κ3) is 4.84. The van der Waals surface area contributed by atoms with Crippen LogP contribution in [0.3, 0.4) is 0 Å². The van der Waals surface area contributed by atoms with Crippen LogP contribution >= 0.6 is 0 Å². The zero-order valence-electron chi connectivity index (χ0n) is 14.0. The van der Waals surface area contributed by atoms with Crippen molar-refractivity contribution in [3.63, 3.8) is 0 Å². The summed E-state index contributed by atoms with van der Waals surface area (Å²) in [5, 5.41) is 5.21. The van der Waals surface area contributed by atoms with E-state index in [0.717, 1.165) is 17.7 Å². The number of anilines is 1. The highest BCUT2D eigenvalue weighted by Crippen LogP contribution is 2.39. The number of halogens is 4. The Morgan fingerprint density at radius 1 is 0.926 bits per heavy atom. The van der Waals surface area contributed by atoms with E-state index in [1.807, 2.05) is 0 Å². The molecule has 8 heteroatoms. The van der Waals surface area contributed by atoms with Gasteiger partial charge in [-0.1, -0.05) is 12.1 Å². The molecule has 2 atom stereocenters. The van der Waals surface area contributed by atoms with Gasteiger partial charge in [0.2, 0.25) is 11.8 Å². The van der Waals surface area contributed by atoms with Crippen LogP contribution in [0.25, 0.3) is 0 Å². The number of benzene rings is 2. The number of hydrogen-bond acceptors (Lipinski definition) is 2. The van der Waals surface area contributed by atoms with E-state index in [0.29, 0.717) is 6.42 Å². The quantitative estimate of drug-likeness (QED) is 0.777. The van der Waals surface area contributed by atoms with E-state index in [-0.39, 0.29) is 24.0 Å². The van der Waals surface area contributed by atoms with Gasteiger partial charge in [0, 0.05) is 12.2 Å². The van der Waals surface area contributed by atoms with E-state index in [4.69, 9.17) is 0 Å². The number of rotatable bonds is 5. The summed E-state index contributed by atoms with van der Waals surface area (Å²) >= 11 is 0. The Kier molecular flexibility index (Phi) is 5.16. The molecule has 0 saturated heterocycles. The molecule has 1 aliphatic rings. The number of nitrogens with one attached hydrogen (secondary N) is 2. The van der Waals surface area contributed by atoms with Gasteiger partial charge in [-0.3, -0.25) is 9.59 Å². The van der Waals surface area contributed by atoms with Crippen molar-refractivity contribution in [2.75, 3.05) is 5.32 Å². The molecule has 0 spiro atoms. The Balaban J connectivity index is 1.48. The lowest BCUT2D eigenvalue weighted by Crippen LogP contribution is -2.27. The van der Waals surface area contributed by atoms with Crippen LogP contribution < -0.4 is 10.6 Å². The molecule has 27 heavy (non-hydrogen) atoms. The normalized spacial score (nSPS) is 18.7. The van der Waals surface area contributed by atoms with Crippen LogP contribution in [-0.4, -0.2) is 11.8 Å². The van der Waals surface area contributed by atoms with E-state index in [1.54, 1.807) is 12.1 Å². The second kappa shape index (κ2) is 7.38.